The molecule has 0 aliphatic carbocycles. The van der Waals surface area contributed by atoms with Gasteiger partial charge >= 0.3 is 5.97 Å². The Morgan fingerprint density at radius 3 is 2.61 bits per heavy atom. The minimum absolute atomic E-state index is 0.0639. The van der Waals surface area contributed by atoms with Gasteiger partial charge in [0.25, 0.3) is 0 Å². The van der Waals surface area contributed by atoms with Gasteiger partial charge < -0.3 is 18.6 Å². The highest BCUT2D eigenvalue weighted by atomic mass is 19.1. The lowest BCUT2D eigenvalue weighted by molar-refractivity contribution is -0.142. The minimum Gasteiger partial charge on any atom is -0.481 e. The summed E-state index contributed by atoms with van der Waals surface area (Å²) < 4.78 is 35.2. The highest BCUT2D eigenvalue weighted by Crippen LogP contribution is 2.30. The molecule has 0 bridgehead atoms. The van der Waals surface area contributed by atoms with E-state index in [1.807, 2.05) is 6.92 Å². The van der Waals surface area contributed by atoms with E-state index in [9.17, 15) is 14.0 Å². The van der Waals surface area contributed by atoms with Crippen molar-refractivity contribution in [3.8, 4) is 17.2 Å². The molecule has 3 rings (SSSR count). The van der Waals surface area contributed by atoms with Crippen molar-refractivity contribution in [1.82, 2.24) is 0 Å². The Bertz CT molecular complexity index is 1090. The maximum atomic E-state index is 13.9. The molecule has 0 fully saturated rings. The third-order valence-corrected chi connectivity index (χ3v) is 4.20. The van der Waals surface area contributed by atoms with Crippen LogP contribution in [-0.2, 0) is 16.0 Å². The van der Waals surface area contributed by atoms with Gasteiger partial charge in [-0.1, -0.05) is 19.1 Å². The lowest BCUT2D eigenvalue weighted by Crippen LogP contribution is -2.14. The minimum atomic E-state index is -0.581. The van der Waals surface area contributed by atoms with E-state index in [0.717, 1.165) is 0 Å². The number of para-hydroxylation sites is 1. The number of aryl methyl sites for hydroxylation is 2. The second-order valence-corrected chi connectivity index (χ2v) is 6.02. The van der Waals surface area contributed by atoms with Crippen LogP contribution >= 0.6 is 0 Å². The molecule has 2 aromatic carbocycles. The van der Waals surface area contributed by atoms with Crippen LogP contribution in [0.4, 0.5) is 4.39 Å². The average Bonchev–Trinajstić information content (AvgIpc) is 2.70. The molecule has 0 aliphatic heterocycles. The maximum absolute atomic E-state index is 13.9. The number of methoxy groups -OCH3 is 1. The van der Waals surface area contributed by atoms with Gasteiger partial charge in [-0.25, -0.2) is 9.18 Å². The van der Waals surface area contributed by atoms with Crippen LogP contribution in [0, 0.1) is 12.7 Å². The van der Waals surface area contributed by atoms with Crippen LogP contribution in [0.3, 0.4) is 0 Å². The Balaban J connectivity index is 2.06. The number of benzene rings is 2. The summed E-state index contributed by atoms with van der Waals surface area (Å²) in [6.07, 6.45) is 0.559. The van der Waals surface area contributed by atoms with Gasteiger partial charge in [-0.15, -0.1) is 0 Å². The van der Waals surface area contributed by atoms with Crippen LogP contribution in [0.1, 0.15) is 18.2 Å². The summed E-state index contributed by atoms with van der Waals surface area (Å²) >= 11 is 0. The number of halogens is 1. The number of rotatable bonds is 6. The van der Waals surface area contributed by atoms with Crippen LogP contribution in [0.25, 0.3) is 11.0 Å². The van der Waals surface area contributed by atoms with Crippen molar-refractivity contribution in [3.63, 3.8) is 0 Å². The van der Waals surface area contributed by atoms with Crippen LogP contribution in [-0.4, -0.2) is 19.7 Å². The average molecular weight is 386 g/mol. The molecule has 3 aromatic rings. The summed E-state index contributed by atoms with van der Waals surface area (Å²) in [5, 5.41) is 0.277. The molecule has 28 heavy (non-hydrogen) atoms. The molecule has 7 heteroatoms. The van der Waals surface area contributed by atoms with Crippen molar-refractivity contribution in [2.45, 2.75) is 20.3 Å². The SMILES string of the molecule is CCc1cc2c(=O)c(Oc3ccccc3F)c(C)oc2cc1OCC(=O)OC. The first-order chi connectivity index (χ1) is 13.4. The molecule has 0 atom stereocenters. The number of carbonyl (C=O) groups excluding carboxylic acids is 1. The van der Waals surface area contributed by atoms with Gasteiger partial charge in [0.05, 0.1) is 12.5 Å². The van der Waals surface area contributed by atoms with Crippen molar-refractivity contribution in [1.29, 1.82) is 0 Å². The molecule has 0 aliphatic rings. The van der Waals surface area contributed by atoms with Gasteiger partial charge in [-0.05, 0) is 37.1 Å². The summed E-state index contributed by atoms with van der Waals surface area (Å²) in [5.41, 5.74) is 0.570. The van der Waals surface area contributed by atoms with E-state index in [2.05, 4.69) is 4.74 Å². The number of hydrogen-bond donors (Lipinski definition) is 0. The molecule has 1 aromatic heterocycles. The highest BCUT2D eigenvalue weighted by Gasteiger charge is 2.18. The molecule has 0 spiro atoms. The lowest BCUT2D eigenvalue weighted by Gasteiger charge is -2.13. The molecule has 146 valence electrons. The zero-order chi connectivity index (χ0) is 20.3. The number of carbonyl (C=O) groups is 1. The van der Waals surface area contributed by atoms with Crippen LogP contribution < -0.4 is 14.9 Å². The Kier molecular flexibility index (Phi) is 5.63. The fourth-order valence-corrected chi connectivity index (χ4v) is 2.72. The number of hydrogen-bond acceptors (Lipinski definition) is 6. The maximum Gasteiger partial charge on any atom is 0.343 e. The van der Waals surface area contributed by atoms with Crippen molar-refractivity contribution >= 4 is 16.9 Å². The molecular formula is C21H19FO6. The first-order valence-electron chi connectivity index (χ1n) is 8.67. The molecule has 1 heterocycles. The molecule has 6 nitrogen and oxygen atoms in total. The van der Waals surface area contributed by atoms with Gasteiger partial charge in [-0.2, -0.15) is 0 Å². The highest BCUT2D eigenvalue weighted by molar-refractivity contribution is 5.81. The summed E-state index contributed by atoms with van der Waals surface area (Å²) in [5.74, 6) is -0.626. The van der Waals surface area contributed by atoms with Crippen molar-refractivity contribution in [2.24, 2.45) is 0 Å². The smallest absolute Gasteiger partial charge is 0.343 e. The van der Waals surface area contributed by atoms with E-state index in [4.69, 9.17) is 13.9 Å². The Labute approximate surface area is 160 Å². The lowest BCUT2D eigenvalue weighted by atomic mass is 10.1. The van der Waals surface area contributed by atoms with Crippen molar-refractivity contribution < 1.29 is 27.8 Å². The first-order valence-corrected chi connectivity index (χ1v) is 8.67. The van der Waals surface area contributed by atoms with Gasteiger partial charge in [0.15, 0.2) is 18.2 Å². The summed E-state index contributed by atoms with van der Waals surface area (Å²) in [6.45, 7) is 3.19. The number of esters is 1. The van der Waals surface area contributed by atoms with E-state index in [0.29, 0.717) is 17.7 Å². The third-order valence-electron chi connectivity index (χ3n) is 4.20. The van der Waals surface area contributed by atoms with Gasteiger partial charge in [0.2, 0.25) is 11.2 Å². The Hall–Kier alpha value is -3.35. The topological polar surface area (TPSA) is 75.0 Å². The molecule has 0 saturated heterocycles. The van der Waals surface area contributed by atoms with E-state index in [1.165, 1.54) is 25.3 Å². The zero-order valence-corrected chi connectivity index (χ0v) is 15.7. The largest absolute Gasteiger partial charge is 0.481 e. The third kappa shape index (κ3) is 3.83. The molecule has 0 unspecified atom stereocenters. The van der Waals surface area contributed by atoms with E-state index < -0.39 is 17.2 Å². The van der Waals surface area contributed by atoms with Gasteiger partial charge in [0.1, 0.15) is 17.1 Å². The molecule has 0 N–H and O–H groups in total. The van der Waals surface area contributed by atoms with Crippen molar-refractivity contribution in [3.05, 3.63) is 63.8 Å². The van der Waals surface area contributed by atoms with E-state index >= 15 is 0 Å². The van der Waals surface area contributed by atoms with E-state index in [1.54, 1.807) is 25.1 Å². The Morgan fingerprint density at radius 1 is 1.18 bits per heavy atom. The predicted molar refractivity (Wildman–Crippen MR) is 101 cm³/mol. The van der Waals surface area contributed by atoms with Crippen LogP contribution in [0.15, 0.2) is 45.6 Å². The monoisotopic (exact) mass is 386 g/mol. The van der Waals surface area contributed by atoms with Crippen LogP contribution in [0.2, 0.25) is 0 Å². The predicted octanol–water partition coefficient (Wildman–Crippen LogP) is 4.15. The summed E-state index contributed by atoms with van der Waals surface area (Å²) in [6, 6.07) is 8.99. The Morgan fingerprint density at radius 2 is 1.93 bits per heavy atom. The van der Waals surface area contributed by atoms with Crippen LogP contribution in [0.5, 0.6) is 17.2 Å². The van der Waals surface area contributed by atoms with E-state index in [-0.39, 0.29) is 34.8 Å². The molecular weight excluding hydrogens is 367 g/mol. The fourth-order valence-electron chi connectivity index (χ4n) is 2.72. The number of fused-ring (bicyclic) bond motifs is 1. The zero-order valence-electron chi connectivity index (χ0n) is 15.7. The quantitative estimate of drug-likeness (QED) is 0.593. The van der Waals surface area contributed by atoms with Crippen molar-refractivity contribution in [2.75, 3.05) is 13.7 Å². The summed E-state index contributed by atoms with van der Waals surface area (Å²) in [7, 11) is 1.27. The standard InChI is InChI=1S/C21H19FO6/c1-4-13-9-14-18(10-17(13)26-11-19(23)25-3)27-12(2)21(20(14)24)28-16-8-6-5-7-15(16)22/h5-10H,4,11H2,1-3H3. The number of ether oxygens (including phenoxy) is 3. The first kappa shape index (κ1) is 19.4. The normalized spacial score (nSPS) is 10.7. The summed E-state index contributed by atoms with van der Waals surface area (Å²) in [4.78, 5) is 24.3. The second-order valence-electron chi connectivity index (χ2n) is 6.02. The molecule has 0 amide bonds. The second kappa shape index (κ2) is 8.12. The molecule has 0 saturated carbocycles. The molecule has 0 radical (unpaired) electrons. The van der Waals surface area contributed by atoms with Gasteiger partial charge in [0, 0.05) is 6.07 Å². The fraction of sp³-hybridized carbons (Fsp3) is 0.238. The van der Waals surface area contributed by atoms with Gasteiger partial charge in [-0.3, -0.25) is 4.79 Å².